The van der Waals surface area contributed by atoms with Crippen molar-refractivity contribution in [2.45, 2.75) is 33.4 Å². The molecule has 5 rings (SSSR count). The number of anilines is 2. The van der Waals surface area contributed by atoms with Crippen LogP contribution in [-0.4, -0.2) is 33.9 Å². The molecule has 1 aliphatic rings. The van der Waals surface area contributed by atoms with E-state index in [1.165, 1.54) is 6.33 Å². The molecule has 0 saturated carbocycles. The van der Waals surface area contributed by atoms with Gasteiger partial charge in [0.05, 0.1) is 28.9 Å². The van der Waals surface area contributed by atoms with E-state index in [0.717, 1.165) is 11.1 Å². The Bertz CT molecular complexity index is 1540. The first-order valence-corrected chi connectivity index (χ1v) is 13.8. The Morgan fingerprint density at radius 1 is 1.00 bits per heavy atom. The number of aromatic nitrogens is 3. The van der Waals surface area contributed by atoms with Gasteiger partial charge in [-0.15, -0.1) is 0 Å². The Balaban J connectivity index is 1.53. The lowest BCUT2D eigenvalue weighted by Crippen LogP contribution is -2.31. The number of benzene rings is 3. The maximum Gasteiger partial charge on any atom is 0.255 e. The van der Waals surface area contributed by atoms with Gasteiger partial charge in [0.15, 0.2) is 11.5 Å². The molecule has 0 aliphatic carbocycles. The fourth-order valence-electron chi connectivity index (χ4n) is 4.61. The average Bonchev–Trinajstić information content (AvgIpc) is 3.41. The average molecular weight is 605 g/mol. The summed E-state index contributed by atoms with van der Waals surface area (Å²) in [6.07, 6.45) is 1.46. The van der Waals surface area contributed by atoms with Gasteiger partial charge in [-0.05, 0) is 72.1 Å². The number of carbonyl (C=O) groups excluding carboxylic acids is 1. The van der Waals surface area contributed by atoms with Crippen LogP contribution in [0.3, 0.4) is 0 Å². The first-order chi connectivity index (χ1) is 19.5. The number of halogens is 1. The summed E-state index contributed by atoms with van der Waals surface area (Å²) in [5, 5.41) is 10.7. The van der Waals surface area contributed by atoms with Gasteiger partial charge in [-0.1, -0.05) is 42.5 Å². The van der Waals surface area contributed by atoms with Crippen LogP contribution in [0.25, 0.3) is 0 Å². The molecular formula is C30H30BrN5O4. The van der Waals surface area contributed by atoms with Crippen molar-refractivity contribution in [3.63, 3.8) is 0 Å². The van der Waals surface area contributed by atoms with Gasteiger partial charge in [0, 0.05) is 5.70 Å². The summed E-state index contributed by atoms with van der Waals surface area (Å²) in [4.78, 5) is 18.2. The Hall–Kier alpha value is -4.31. The van der Waals surface area contributed by atoms with Crippen molar-refractivity contribution in [3.8, 4) is 17.2 Å². The summed E-state index contributed by atoms with van der Waals surface area (Å²) < 4.78 is 20.3. The van der Waals surface area contributed by atoms with Gasteiger partial charge in [0.2, 0.25) is 5.95 Å². The van der Waals surface area contributed by atoms with E-state index in [4.69, 9.17) is 14.2 Å². The Morgan fingerprint density at radius 3 is 2.50 bits per heavy atom. The quantitative estimate of drug-likeness (QED) is 0.218. The van der Waals surface area contributed by atoms with Gasteiger partial charge in [-0.25, -0.2) is 4.68 Å². The van der Waals surface area contributed by atoms with Crippen LogP contribution in [0.2, 0.25) is 0 Å². The Labute approximate surface area is 241 Å². The van der Waals surface area contributed by atoms with Crippen LogP contribution in [0.4, 0.5) is 11.6 Å². The van der Waals surface area contributed by atoms with Crippen molar-refractivity contribution in [1.82, 2.24) is 14.8 Å². The Kier molecular flexibility index (Phi) is 8.35. The number of fused-ring (bicyclic) bond motifs is 1. The normalized spacial score (nSPS) is 14.2. The van der Waals surface area contributed by atoms with Crippen molar-refractivity contribution < 1.29 is 19.0 Å². The molecule has 0 spiro atoms. The summed E-state index contributed by atoms with van der Waals surface area (Å²) >= 11 is 3.69. The molecule has 1 atom stereocenters. The molecule has 4 aromatic rings. The third-order valence-corrected chi connectivity index (χ3v) is 6.94. The zero-order chi connectivity index (χ0) is 28.1. The monoisotopic (exact) mass is 603 g/mol. The minimum absolute atomic E-state index is 0.290. The zero-order valence-corrected chi connectivity index (χ0v) is 24.1. The Morgan fingerprint density at radius 2 is 1.73 bits per heavy atom. The number of hydrogen-bond donors (Lipinski definition) is 2. The predicted octanol–water partition coefficient (Wildman–Crippen LogP) is 6.34. The fourth-order valence-corrected chi connectivity index (χ4v) is 5.19. The molecule has 1 aliphatic heterocycles. The van der Waals surface area contributed by atoms with Crippen LogP contribution < -0.4 is 24.8 Å². The lowest BCUT2D eigenvalue weighted by molar-refractivity contribution is -0.113. The molecule has 0 saturated heterocycles. The maximum atomic E-state index is 13.9. The highest BCUT2D eigenvalue weighted by atomic mass is 79.9. The van der Waals surface area contributed by atoms with Gasteiger partial charge >= 0.3 is 0 Å². The summed E-state index contributed by atoms with van der Waals surface area (Å²) in [6.45, 7) is 6.97. The van der Waals surface area contributed by atoms with Crippen LogP contribution in [0.1, 0.15) is 37.9 Å². The molecule has 10 heteroatoms. The summed E-state index contributed by atoms with van der Waals surface area (Å²) in [5.74, 6) is 1.98. The second-order valence-corrected chi connectivity index (χ2v) is 9.87. The summed E-state index contributed by atoms with van der Waals surface area (Å²) in [5.41, 5.74) is 3.54. The highest BCUT2D eigenvalue weighted by molar-refractivity contribution is 9.10. The molecule has 40 heavy (non-hydrogen) atoms. The van der Waals surface area contributed by atoms with E-state index < -0.39 is 6.04 Å². The molecule has 206 valence electrons. The lowest BCUT2D eigenvalue weighted by atomic mass is 9.94. The molecule has 0 bridgehead atoms. The van der Waals surface area contributed by atoms with Crippen molar-refractivity contribution in [1.29, 1.82) is 0 Å². The highest BCUT2D eigenvalue weighted by Crippen LogP contribution is 2.43. The third-order valence-electron chi connectivity index (χ3n) is 6.35. The van der Waals surface area contributed by atoms with E-state index in [0.29, 0.717) is 64.4 Å². The van der Waals surface area contributed by atoms with Gasteiger partial charge in [0.25, 0.3) is 5.91 Å². The molecule has 0 fully saturated rings. The van der Waals surface area contributed by atoms with Crippen molar-refractivity contribution >= 4 is 33.5 Å². The second-order valence-electron chi connectivity index (χ2n) is 9.01. The zero-order valence-electron chi connectivity index (χ0n) is 22.5. The molecule has 1 aromatic heterocycles. The van der Waals surface area contributed by atoms with Crippen molar-refractivity contribution in [3.05, 3.63) is 99.9 Å². The molecule has 0 radical (unpaired) electrons. The smallest absolute Gasteiger partial charge is 0.255 e. The molecule has 2 N–H and O–H groups in total. The first-order valence-electron chi connectivity index (χ1n) is 13.0. The number of amides is 1. The van der Waals surface area contributed by atoms with E-state index in [1.54, 1.807) is 4.68 Å². The number of hydrogen-bond acceptors (Lipinski definition) is 7. The number of para-hydroxylation sites is 2. The minimum atomic E-state index is -0.586. The van der Waals surface area contributed by atoms with Crippen molar-refractivity contribution in [2.75, 3.05) is 23.8 Å². The highest BCUT2D eigenvalue weighted by Gasteiger charge is 2.35. The van der Waals surface area contributed by atoms with Crippen LogP contribution in [-0.2, 0) is 11.4 Å². The molecule has 1 amide bonds. The van der Waals surface area contributed by atoms with E-state index in [-0.39, 0.29) is 5.91 Å². The van der Waals surface area contributed by atoms with E-state index in [1.807, 2.05) is 87.5 Å². The number of allylic oxidation sites excluding steroid dienone is 1. The molecule has 9 nitrogen and oxygen atoms in total. The third kappa shape index (κ3) is 5.67. The van der Waals surface area contributed by atoms with Gasteiger partial charge in [-0.3, -0.25) is 4.79 Å². The molecule has 2 heterocycles. The standard InChI is InChI=1S/C30H30BrN5O4/c1-4-38-24-14-10-9-13-23(24)35-29(37)26-19(3)34-30-32-18-33-36(30)27(26)21-15-22(31)28(25(16-21)39-5-2)40-17-20-11-7-6-8-12-20/h6-16,18,27H,4-5,17H2,1-3H3,(H,35,37)(H,32,33,34). The second kappa shape index (κ2) is 12.3. The number of carbonyl (C=O) groups is 1. The van der Waals surface area contributed by atoms with E-state index >= 15 is 0 Å². The van der Waals surface area contributed by atoms with Gasteiger partial charge in [-0.2, -0.15) is 10.1 Å². The first kappa shape index (κ1) is 27.3. The predicted molar refractivity (Wildman–Crippen MR) is 157 cm³/mol. The van der Waals surface area contributed by atoms with Crippen LogP contribution >= 0.6 is 15.9 Å². The lowest BCUT2D eigenvalue weighted by Gasteiger charge is -2.29. The topological polar surface area (TPSA) is 99.5 Å². The number of rotatable bonds is 10. The summed E-state index contributed by atoms with van der Waals surface area (Å²) in [7, 11) is 0. The molecular weight excluding hydrogens is 574 g/mol. The van der Waals surface area contributed by atoms with Crippen molar-refractivity contribution in [2.24, 2.45) is 0 Å². The maximum absolute atomic E-state index is 13.9. The van der Waals surface area contributed by atoms with Gasteiger partial charge < -0.3 is 24.8 Å². The largest absolute Gasteiger partial charge is 0.492 e. The fraction of sp³-hybridized carbons (Fsp3) is 0.233. The van der Waals surface area contributed by atoms with Crippen LogP contribution in [0.5, 0.6) is 17.2 Å². The summed E-state index contributed by atoms with van der Waals surface area (Å²) in [6, 6.07) is 20.5. The number of nitrogens with zero attached hydrogens (tertiary/aromatic N) is 3. The SMILES string of the molecule is CCOc1ccccc1NC(=O)C1=C(C)Nc2ncnn2C1c1cc(Br)c(OCc2ccccc2)c(OCC)c1. The minimum Gasteiger partial charge on any atom is -0.492 e. The van der Waals surface area contributed by atoms with Crippen LogP contribution in [0.15, 0.2) is 88.8 Å². The molecule has 3 aromatic carbocycles. The van der Waals surface area contributed by atoms with E-state index in [9.17, 15) is 4.79 Å². The van der Waals surface area contributed by atoms with E-state index in [2.05, 4.69) is 36.6 Å². The van der Waals surface area contributed by atoms with Crippen LogP contribution in [0, 0.1) is 0 Å². The molecule has 1 unspecified atom stereocenters. The number of nitrogens with one attached hydrogen (secondary N) is 2. The number of ether oxygens (including phenoxy) is 3. The van der Waals surface area contributed by atoms with Gasteiger partial charge in [0.1, 0.15) is 24.7 Å².